The molecule has 1 aliphatic rings. The molecular formula is C22H20N2O5S. The number of fused-ring (bicyclic) bond motifs is 1. The van der Waals surface area contributed by atoms with Gasteiger partial charge in [0.2, 0.25) is 0 Å². The van der Waals surface area contributed by atoms with E-state index in [9.17, 15) is 13.2 Å². The molecule has 0 unspecified atom stereocenters. The number of benzene rings is 3. The molecule has 1 aliphatic heterocycles. The van der Waals surface area contributed by atoms with Gasteiger partial charge in [-0.05, 0) is 48.5 Å². The molecule has 0 aromatic heterocycles. The number of anilines is 2. The van der Waals surface area contributed by atoms with Crippen LogP contribution in [0.25, 0.3) is 0 Å². The van der Waals surface area contributed by atoms with E-state index in [4.69, 9.17) is 9.47 Å². The zero-order chi connectivity index (χ0) is 21.0. The molecule has 0 radical (unpaired) electrons. The number of carbonyl (C=O) groups excluding carboxylic acids is 1. The van der Waals surface area contributed by atoms with Crippen molar-refractivity contribution in [1.82, 2.24) is 0 Å². The molecule has 0 spiro atoms. The Balaban J connectivity index is 1.46. The Morgan fingerprint density at radius 1 is 0.800 bits per heavy atom. The van der Waals surface area contributed by atoms with Gasteiger partial charge in [0, 0.05) is 29.4 Å². The standard InChI is InChI=1S/C22H20N2O5S/c25-22(23-18-9-12-20-21(15-18)29-14-4-13-28-20)16-7-10-19(11-8-16)30(26,27)24-17-5-2-1-3-6-17/h1-3,5-12,15,24H,4,13-14H2,(H,23,25). The third-order valence-corrected chi connectivity index (χ3v) is 5.86. The van der Waals surface area contributed by atoms with Gasteiger partial charge in [-0.3, -0.25) is 9.52 Å². The SMILES string of the molecule is O=C(Nc1ccc2c(c1)OCCCO2)c1ccc(S(=O)(=O)Nc2ccccc2)cc1. The maximum Gasteiger partial charge on any atom is 0.261 e. The van der Waals surface area contributed by atoms with Crippen molar-refractivity contribution >= 4 is 27.3 Å². The van der Waals surface area contributed by atoms with E-state index in [0.29, 0.717) is 41.7 Å². The fourth-order valence-corrected chi connectivity index (χ4v) is 4.01. The first-order chi connectivity index (χ1) is 14.5. The number of amides is 1. The molecule has 8 heteroatoms. The minimum absolute atomic E-state index is 0.0680. The van der Waals surface area contributed by atoms with Crippen molar-refractivity contribution in [2.75, 3.05) is 23.3 Å². The van der Waals surface area contributed by atoms with Gasteiger partial charge in [-0.1, -0.05) is 18.2 Å². The molecule has 4 rings (SSSR count). The number of sulfonamides is 1. The minimum Gasteiger partial charge on any atom is -0.490 e. The summed E-state index contributed by atoms with van der Waals surface area (Å²) in [4.78, 5) is 12.6. The monoisotopic (exact) mass is 424 g/mol. The highest BCUT2D eigenvalue weighted by atomic mass is 32.2. The molecular weight excluding hydrogens is 404 g/mol. The van der Waals surface area contributed by atoms with Crippen LogP contribution in [-0.2, 0) is 10.0 Å². The van der Waals surface area contributed by atoms with Gasteiger partial charge < -0.3 is 14.8 Å². The normalized spacial score (nSPS) is 13.2. The molecule has 0 aliphatic carbocycles. The Morgan fingerprint density at radius 2 is 1.50 bits per heavy atom. The van der Waals surface area contributed by atoms with Gasteiger partial charge in [-0.2, -0.15) is 0 Å². The number of ether oxygens (including phenoxy) is 2. The van der Waals surface area contributed by atoms with E-state index in [2.05, 4.69) is 10.0 Å². The summed E-state index contributed by atoms with van der Waals surface area (Å²) in [5.41, 5.74) is 1.36. The van der Waals surface area contributed by atoms with Gasteiger partial charge >= 0.3 is 0 Å². The van der Waals surface area contributed by atoms with Crippen molar-refractivity contribution in [2.45, 2.75) is 11.3 Å². The second-order valence-electron chi connectivity index (χ2n) is 6.66. The summed E-state index contributed by atoms with van der Waals surface area (Å²) in [6.45, 7) is 1.14. The molecule has 1 amide bonds. The number of nitrogens with one attached hydrogen (secondary N) is 2. The van der Waals surface area contributed by atoms with Crippen LogP contribution in [0.2, 0.25) is 0 Å². The van der Waals surface area contributed by atoms with Crippen LogP contribution in [0.4, 0.5) is 11.4 Å². The van der Waals surface area contributed by atoms with Gasteiger partial charge in [-0.15, -0.1) is 0 Å². The van der Waals surface area contributed by atoms with Gasteiger partial charge in [0.1, 0.15) is 0 Å². The first kappa shape index (κ1) is 19.8. The van der Waals surface area contributed by atoms with Crippen LogP contribution >= 0.6 is 0 Å². The van der Waals surface area contributed by atoms with Crippen LogP contribution in [0.15, 0.2) is 77.7 Å². The Labute approximate surface area is 174 Å². The highest BCUT2D eigenvalue weighted by Gasteiger charge is 2.16. The summed E-state index contributed by atoms with van der Waals surface area (Å²) in [7, 11) is -3.74. The predicted octanol–water partition coefficient (Wildman–Crippen LogP) is 3.90. The minimum atomic E-state index is -3.74. The summed E-state index contributed by atoms with van der Waals surface area (Å²) >= 11 is 0. The van der Waals surface area contributed by atoms with Crippen LogP contribution in [-0.4, -0.2) is 27.5 Å². The molecule has 3 aromatic rings. The lowest BCUT2D eigenvalue weighted by Crippen LogP contribution is -2.14. The molecule has 3 aromatic carbocycles. The molecule has 2 N–H and O–H groups in total. The maximum atomic E-state index is 12.6. The summed E-state index contributed by atoms with van der Waals surface area (Å²) in [5, 5.41) is 2.79. The molecule has 0 fully saturated rings. The van der Waals surface area contributed by atoms with Crippen molar-refractivity contribution < 1.29 is 22.7 Å². The second-order valence-corrected chi connectivity index (χ2v) is 8.34. The summed E-state index contributed by atoms with van der Waals surface area (Å²) in [5.74, 6) is 0.870. The average molecular weight is 424 g/mol. The number of para-hydroxylation sites is 1. The van der Waals surface area contributed by atoms with E-state index >= 15 is 0 Å². The molecule has 0 saturated carbocycles. The van der Waals surface area contributed by atoms with E-state index in [1.807, 2.05) is 0 Å². The van der Waals surface area contributed by atoms with Crippen LogP contribution in [0, 0.1) is 0 Å². The van der Waals surface area contributed by atoms with Gasteiger partial charge in [0.25, 0.3) is 15.9 Å². The number of carbonyl (C=O) groups is 1. The first-order valence-electron chi connectivity index (χ1n) is 9.40. The molecule has 0 atom stereocenters. The molecule has 30 heavy (non-hydrogen) atoms. The molecule has 154 valence electrons. The Kier molecular flexibility index (Phi) is 5.58. The van der Waals surface area contributed by atoms with Crippen LogP contribution in [0.1, 0.15) is 16.8 Å². The molecule has 1 heterocycles. The molecule has 0 bridgehead atoms. The van der Waals surface area contributed by atoms with Crippen molar-refractivity contribution in [2.24, 2.45) is 0 Å². The Morgan fingerprint density at radius 3 is 2.23 bits per heavy atom. The fourth-order valence-electron chi connectivity index (χ4n) is 2.95. The quantitative estimate of drug-likeness (QED) is 0.648. The fraction of sp³-hybridized carbons (Fsp3) is 0.136. The number of hydrogen-bond donors (Lipinski definition) is 2. The van der Waals surface area contributed by atoms with Crippen molar-refractivity contribution in [3.05, 3.63) is 78.4 Å². The zero-order valence-corrected chi connectivity index (χ0v) is 16.8. The van der Waals surface area contributed by atoms with E-state index in [-0.39, 0.29) is 10.8 Å². The smallest absolute Gasteiger partial charge is 0.261 e. The van der Waals surface area contributed by atoms with Crippen LogP contribution < -0.4 is 19.5 Å². The third-order valence-electron chi connectivity index (χ3n) is 4.46. The number of hydrogen-bond acceptors (Lipinski definition) is 5. The highest BCUT2D eigenvalue weighted by Crippen LogP contribution is 2.32. The van der Waals surface area contributed by atoms with Crippen molar-refractivity contribution in [3.8, 4) is 11.5 Å². The summed E-state index contributed by atoms with van der Waals surface area (Å²) in [6, 6.07) is 19.5. The zero-order valence-electron chi connectivity index (χ0n) is 16.0. The average Bonchev–Trinajstić information content (AvgIpc) is 2.99. The van der Waals surface area contributed by atoms with E-state index in [0.717, 1.165) is 6.42 Å². The number of rotatable bonds is 5. The van der Waals surface area contributed by atoms with Gasteiger partial charge in [0.15, 0.2) is 11.5 Å². The predicted molar refractivity (Wildman–Crippen MR) is 114 cm³/mol. The van der Waals surface area contributed by atoms with Crippen LogP contribution in [0.5, 0.6) is 11.5 Å². The Bertz CT molecular complexity index is 1150. The lowest BCUT2D eigenvalue weighted by atomic mass is 10.2. The van der Waals surface area contributed by atoms with Gasteiger partial charge in [-0.25, -0.2) is 8.42 Å². The lowest BCUT2D eigenvalue weighted by Gasteiger charge is -2.11. The molecule has 0 saturated heterocycles. The van der Waals surface area contributed by atoms with E-state index in [1.54, 1.807) is 48.5 Å². The highest BCUT2D eigenvalue weighted by molar-refractivity contribution is 7.92. The summed E-state index contributed by atoms with van der Waals surface area (Å²) in [6.07, 6.45) is 0.796. The first-order valence-corrected chi connectivity index (χ1v) is 10.9. The van der Waals surface area contributed by atoms with E-state index < -0.39 is 10.0 Å². The van der Waals surface area contributed by atoms with Crippen molar-refractivity contribution in [1.29, 1.82) is 0 Å². The topological polar surface area (TPSA) is 93.7 Å². The van der Waals surface area contributed by atoms with Crippen LogP contribution in [0.3, 0.4) is 0 Å². The third kappa shape index (κ3) is 4.55. The lowest BCUT2D eigenvalue weighted by molar-refractivity contribution is 0.102. The maximum absolute atomic E-state index is 12.6. The Hall–Kier alpha value is -3.52. The van der Waals surface area contributed by atoms with Gasteiger partial charge in [0.05, 0.1) is 18.1 Å². The summed E-state index contributed by atoms with van der Waals surface area (Å²) < 4.78 is 38.7. The second kappa shape index (κ2) is 8.46. The molecule has 7 nitrogen and oxygen atoms in total. The van der Waals surface area contributed by atoms with Crippen molar-refractivity contribution in [3.63, 3.8) is 0 Å². The largest absolute Gasteiger partial charge is 0.490 e. The van der Waals surface area contributed by atoms with E-state index in [1.165, 1.54) is 24.3 Å².